The Labute approximate surface area is 151 Å². The molecule has 0 aliphatic carbocycles. The number of hydrogen-bond acceptors (Lipinski definition) is 4. The van der Waals surface area contributed by atoms with Gasteiger partial charge in [0.05, 0.1) is 6.33 Å². The molecule has 0 saturated carbocycles. The van der Waals surface area contributed by atoms with E-state index >= 15 is 0 Å². The van der Waals surface area contributed by atoms with E-state index in [-0.39, 0.29) is 12.7 Å². The monoisotopic (exact) mass is 349 g/mol. The van der Waals surface area contributed by atoms with Crippen molar-refractivity contribution in [2.75, 3.05) is 6.79 Å². The SMILES string of the molecule is O=C(CCc1ccc2c(c1)OCO2)NCc1ccc(-n2ccnc2)cc1. The Kier molecular flexibility index (Phi) is 4.55. The van der Waals surface area contributed by atoms with Crippen LogP contribution in [0, 0.1) is 0 Å². The molecule has 0 bridgehead atoms. The average molecular weight is 349 g/mol. The van der Waals surface area contributed by atoms with Crippen molar-refractivity contribution in [3.63, 3.8) is 0 Å². The molecule has 1 aliphatic rings. The lowest BCUT2D eigenvalue weighted by atomic mass is 10.1. The van der Waals surface area contributed by atoms with Crippen LogP contribution in [0.4, 0.5) is 0 Å². The van der Waals surface area contributed by atoms with Crippen molar-refractivity contribution < 1.29 is 14.3 Å². The van der Waals surface area contributed by atoms with E-state index in [9.17, 15) is 4.79 Å². The first kappa shape index (κ1) is 16.2. The van der Waals surface area contributed by atoms with Gasteiger partial charge in [-0.1, -0.05) is 18.2 Å². The molecule has 3 aromatic rings. The first-order valence-electron chi connectivity index (χ1n) is 8.50. The summed E-state index contributed by atoms with van der Waals surface area (Å²) in [6, 6.07) is 13.8. The zero-order valence-corrected chi connectivity index (χ0v) is 14.2. The van der Waals surface area contributed by atoms with Crippen LogP contribution < -0.4 is 14.8 Å². The van der Waals surface area contributed by atoms with E-state index in [1.54, 1.807) is 12.5 Å². The third-order valence-electron chi connectivity index (χ3n) is 4.31. The zero-order valence-electron chi connectivity index (χ0n) is 14.2. The van der Waals surface area contributed by atoms with Gasteiger partial charge in [0.2, 0.25) is 12.7 Å². The lowest BCUT2D eigenvalue weighted by Gasteiger charge is -2.07. The Morgan fingerprint density at radius 1 is 1.08 bits per heavy atom. The van der Waals surface area contributed by atoms with E-state index in [1.807, 2.05) is 53.2 Å². The Hall–Kier alpha value is -3.28. The quantitative estimate of drug-likeness (QED) is 0.743. The summed E-state index contributed by atoms with van der Waals surface area (Å²) in [5.74, 6) is 1.54. The highest BCUT2D eigenvalue weighted by molar-refractivity contribution is 5.76. The Bertz CT molecular complexity index is 889. The molecule has 132 valence electrons. The number of hydrogen-bond donors (Lipinski definition) is 1. The van der Waals surface area contributed by atoms with Gasteiger partial charge in [0, 0.05) is 31.0 Å². The number of imidazole rings is 1. The van der Waals surface area contributed by atoms with Crippen LogP contribution in [-0.4, -0.2) is 22.3 Å². The molecule has 0 saturated heterocycles. The fourth-order valence-electron chi connectivity index (χ4n) is 2.84. The predicted molar refractivity (Wildman–Crippen MR) is 96.3 cm³/mol. The fourth-order valence-corrected chi connectivity index (χ4v) is 2.84. The van der Waals surface area contributed by atoms with Gasteiger partial charge >= 0.3 is 0 Å². The molecule has 4 rings (SSSR count). The summed E-state index contributed by atoms with van der Waals surface area (Å²) in [7, 11) is 0. The van der Waals surface area contributed by atoms with Crippen molar-refractivity contribution in [2.45, 2.75) is 19.4 Å². The van der Waals surface area contributed by atoms with Gasteiger partial charge in [0.1, 0.15) is 0 Å². The minimum absolute atomic E-state index is 0.0290. The fraction of sp³-hybridized carbons (Fsp3) is 0.200. The molecular formula is C20H19N3O3. The van der Waals surface area contributed by atoms with Crippen LogP contribution in [0.25, 0.3) is 5.69 Å². The van der Waals surface area contributed by atoms with Crippen LogP contribution in [0.15, 0.2) is 61.2 Å². The molecule has 0 unspecified atom stereocenters. The van der Waals surface area contributed by atoms with E-state index in [0.29, 0.717) is 19.4 Å². The summed E-state index contributed by atoms with van der Waals surface area (Å²) in [6.07, 6.45) is 6.50. The van der Waals surface area contributed by atoms with Crippen molar-refractivity contribution in [2.24, 2.45) is 0 Å². The largest absolute Gasteiger partial charge is 0.454 e. The lowest BCUT2D eigenvalue weighted by Crippen LogP contribution is -2.23. The topological polar surface area (TPSA) is 65.4 Å². The van der Waals surface area contributed by atoms with Gasteiger partial charge in [-0.25, -0.2) is 4.98 Å². The van der Waals surface area contributed by atoms with E-state index in [4.69, 9.17) is 9.47 Å². The number of nitrogens with one attached hydrogen (secondary N) is 1. The standard InChI is InChI=1S/C20H19N3O3/c24-20(8-4-15-3-7-18-19(11-15)26-14-25-18)22-12-16-1-5-17(6-2-16)23-10-9-21-13-23/h1-3,5-7,9-11,13H,4,8,12,14H2,(H,22,24). The number of nitrogens with zero attached hydrogens (tertiary/aromatic N) is 2. The number of rotatable bonds is 6. The second kappa shape index (κ2) is 7.31. The number of amides is 1. The molecule has 1 aliphatic heterocycles. The van der Waals surface area contributed by atoms with Gasteiger partial charge in [0.25, 0.3) is 0 Å². The summed E-state index contributed by atoms with van der Waals surface area (Å²) >= 11 is 0. The van der Waals surface area contributed by atoms with Gasteiger partial charge in [-0.3, -0.25) is 4.79 Å². The highest BCUT2D eigenvalue weighted by atomic mass is 16.7. The molecule has 2 heterocycles. The molecule has 6 nitrogen and oxygen atoms in total. The number of aromatic nitrogens is 2. The van der Waals surface area contributed by atoms with Crippen LogP contribution in [0.2, 0.25) is 0 Å². The maximum absolute atomic E-state index is 12.1. The predicted octanol–water partition coefficient (Wildman–Crippen LogP) is 2.85. The van der Waals surface area contributed by atoms with Gasteiger partial charge < -0.3 is 19.4 Å². The molecule has 0 radical (unpaired) electrons. The van der Waals surface area contributed by atoms with Gasteiger partial charge in [0.15, 0.2) is 11.5 Å². The van der Waals surface area contributed by atoms with Gasteiger partial charge in [-0.2, -0.15) is 0 Å². The molecule has 0 spiro atoms. The van der Waals surface area contributed by atoms with Gasteiger partial charge in [-0.05, 0) is 41.8 Å². The van der Waals surface area contributed by atoms with Crippen molar-refractivity contribution in [1.29, 1.82) is 0 Å². The number of ether oxygens (including phenoxy) is 2. The Morgan fingerprint density at radius 3 is 2.69 bits per heavy atom. The van der Waals surface area contributed by atoms with Gasteiger partial charge in [-0.15, -0.1) is 0 Å². The molecule has 1 aromatic heterocycles. The highest BCUT2D eigenvalue weighted by Crippen LogP contribution is 2.32. The van der Waals surface area contributed by atoms with Crippen LogP contribution in [-0.2, 0) is 17.8 Å². The summed E-state index contributed by atoms with van der Waals surface area (Å²) in [4.78, 5) is 16.1. The van der Waals surface area contributed by atoms with Crippen molar-refractivity contribution in [3.8, 4) is 17.2 Å². The van der Waals surface area contributed by atoms with Crippen molar-refractivity contribution in [3.05, 3.63) is 72.3 Å². The number of fused-ring (bicyclic) bond motifs is 1. The van der Waals surface area contributed by atoms with Crippen LogP contribution in [0.5, 0.6) is 11.5 Å². The minimum atomic E-state index is 0.0290. The number of carbonyl (C=O) groups excluding carboxylic acids is 1. The minimum Gasteiger partial charge on any atom is -0.454 e. The second-order valence-electron chi connectivity index (χ2n) is 6.10. The van der Waals surface area contributed by atoms with Crippen LogP contribution >= 0.6 is 0 Å². The molecule has 0 atom stereocenters. The van der Waals surface area contributed by atoms with E-state index in [2.05, 4.69) is 10.3 Å². The summed E-state index contributed by atoms with van der Waals surface area (Å²) in [6.45, 7) is 0.781. The lowest BCUT2D eigenvalue weighted by molar-refractivity contribution is -0.121. The molecule has 1 N–H and O–H groups in total. The van der Waals surface area contributed by atoms with Crippen molar-refractivity contribution >= 4 is 5.91 Å². The first-order chi connectivity index (χ1) is 12.8. The molecule has 2 aromatic carbocycles. The number of aryl methyl sites for hydroxylation is 1. The molecule has 6 heteroatoms. The molecule has 26 heavy (non-hydrogen) atoms. The summed E-state index contributed by atoms with van der Waals surface area (Å²) in [5.41, 5.74) is 3.17. The number of carbonyl (C=O) groups is 1. The summed E-state index contributed by atoms with van der Waals surface area (Å²) in [5, 5.41) is 2.96. The van der Waals surface area contributed by atoms with E-state index < -0.39 is 0 Å². The first-order valence-corrected chi connectivity index (χ1v) is 8.50. The average Bonchev–Trinajstić information content (AvgIpc) is 3.36. The van der Waals surface area contributed by atoms with E-state index in [1.165, 1.54) is 0 Å². The second-order valence-corrected chi connectivity index (χ2v) is 6.10. The zero-order chi connectivity index (χ0) is 17.8. The third kappa shape index (κ3) is 3.69. The van der Waals surface area contributed by atoms with Crippen molar-refractivity contribution in [1.82, 2.24) is 14.9 Å². The Morgan fingerprint density at radius 2 is 1.88 bits per heavy atom. The molecule has 1 amide bonds. The Balaban J connectivity index is 1.26. The molecule has 0 fully saturated rings. The number of benzene rings is 2. The van der Waals surface area contributed by atoms with Crippen LogP contribution in [0.1, 0.15) is 17.5 Å². The highest BCUT2D eigenvalue weighted by Gasteiger charge is 2.13. The molecular weight excluding hydrogens is 330 g/mol. The maximum Gasteiger partial charge on any atom is 0.231 e. The van der Waals surface area contributed by atoms with E-state index in [0.717, 1.165) is 28.3 Å². The van der Waals surface area contributed by atoms with Crippen LogP contribution in [0.3, 0.4) is 0 Å². The normalized spacial score (nSPS) is 12.2. The third-order valence-corrected chi connectivity index (χ3v) is 4.31. The maximum atomic E-state index is 12.1. The smallest absolute Gasteiger partial charge is 0.231 e. The summed E-state index contributed by atoms with van der Waals surface area (Å²) < 4.78 is 12.6.